The monoisotopic (exact) mass is 316 g/mol. The molecule has 0 aromatic rings. The first-order valence-electron chi connectivity index (χ1n) is 8.62. The molecule has 0 saturated carbocycles. The number of carbonyl (C=O) groups is 2. The van der Waals surface area contributed by atoms with E-state index in [-0.39, 0.29) is 31.4 Å². The van der Waals surface area contributed by atoms with Crippen LogP contribution >= 0.6 is 0 Å². The second-order valence-corrected chi connectivity index (χ2v) is 5.49. The van der Waals surface area contributed by atoms with Crippen molar-refractivity contribution in [2.24, 2.45) is 0 Å². The number of unbranched alkanes of at least 4 members (excludes halogenated alkanes) is 6. The van der Waals surface area contributed by atoms with Gasteiger partial charge >= 0.3 is 11.9 Å². The van der Waals surface area contributed by atoms with Gasteiger partial charge in [0, 0.05) is 19.4 Å². The molecule has 0 bridgehead atoms. The quantitative estimate of drug-likeness (QED) is 0.370. The Labute approximate surface area is 134 Å². The van der Waals surface area contributed by atoms with Crippen molar-refractivity contribution in [3.05, 3.63) is 0 Å². The van der Waals surface area contributed by atoms with Crippen LogP contribution in [0.25, 0.3) is 0 Å². The zero-order valence-electron chi connectivity index (χ0n) is 14.0. The van der Waals surface area contributed by atoms with Gasteiger partial charge in [0.1, 0.15) is 0 Å². The predicted molar refractivity (Wildman–Crippen MR) is 85.5 cm³/mol. The summed E-state index contributed by atoms with van der Waals surface area (Å²) in [6, 6.07) is 0. The lowest BCUT2D eigenvalue weighted by molar-refractivity contribution is -0.145. The van der Waals surface area contributed by atoms with Gasteiger partial charge in [-0.15, -0.1) is 0 Å². The second-order valence-electron chi connectivity index (χ2n) is 5.49. The van der Waals surface area contributed by atoms with Crippen molar-refractivity contribution in [2.75, 3.05) is 19.8 Å². The number of hydrogen-bond donors (Lipinski definition) is 1. The fraction of sp³-hybridized carbons (Fsp3) is 0.882. The molecule has 5 heteroatoms. The second kappa shape index (κ2) is 16.3. The number of esters is 2. The summed E-state index contributed by atoms with van der Waals surface area (Å²) in [7, 11) is 0. The highest BCUT2D eigenvalue weighted by molar-refractivity contribution is 5.72. The van der Waals surface area contributed by atoms with Crippen LogP contribution in [0.1, 0.15) is 77.6 Å². The number of ether oxygens (including phenoxy) is 2. The Balaban J connectivity index is 3.34. The van der Waals surface area contributed by atoms with Gasteiger partial charge in [0.2, 0.25) is 0 Å². The Morgan fingerprint density at radius 2 is 1.23 bits per heavy atom. The van der Waals surface area contributed by atoms with Crippen molar-refractivity contribution in [2.45, 2.75) is 77.6 Å². The van der Waals surface area contributed by atoms with Gasteiger partial charge in [-0.25, -0.2) is 0 Å². The van der Waals surface area contributed by atoms with E-state index in [1.807, 2.05) is 0 Å². The third kappa shape index (κ3) is 15.3. The number of hydrogen-bond acceptors (Lipinski definition) is 5. The lowest BCUT2D eigenvalue weighted by atomic mass is 10.2. The number of rotatable bonds is 15. The highest BCUT2D eigenvalue weighted by Crippen LogP contribution is 2.04. The standard InChI is InChI=1S/C17H32O5/c1-2-3-4-8-14-21-16(19)11-10-12-17(20)22-15-9-6-5-7-13-18/h18H,2-15H2,1H3. The van der Waals surface area contributed by atoms with Crippen molar-refractivity contribution >= 4 is 11.9 Å². The summed E-state index contributed by atoms with van der Waals surface area (Å²) in [5.74, 6) is -0.480. The predicted octanol–water partition coefficient (Wildman–Crippen LogP) is 3.38. The van der Waals surface area contributed by atoms with E-state index in [9.17, 15) is 9.59 Å². The average Bonchev–Trinajstić information content (AvgIpc) is 2.50. The average molecular weight is 316 g/mol. The maximum atomic E-state index is 11.4. The summed E-state index contributed by atoms with van der Waals surface area (Å²) in [4.78, 5) is 22.9. The number of aliphatic hydroxyl groups excluding tert-OH is 1. The molecule has 0 radical (unpaired) electrons. The van der Waals surface area contributed by atoms with Gasteiger partial charge in [-0.2, -0.15) is 0 Å². The molecule has 0 aromatic carbocycles. The number of aliphatic hydroxyl groups is 1. The molecule has 22 heavy (non-hydrogen) atoms. The van der Waals surface area contributed by atoms with Crippen molar-refractivity contribution in [3.8, 4) is 0 Å². The van der Waals surface area contributed by atoms with Crippen molar-refractivity contribution in [1.82, 2.24) is 0 Å². The van der Waals surface area contributed by atoms with Crippen LogP contribution in [-0.4, -0.2) is 36.9 Å². The van der Waals surface area contributed by atoms with E-state index in [4.69, 9.17) is 14.6 Å². The topological polar surface area (TPSA) is 72.8 Å². The fourth-order valence-corrected chi connectivity index (χ4v) is 1.99. The third-order valence-corrected chi connectivity index (χ3v) is 3.34. The van der Waals surface area contributed by atoms with Gasteiger partial charge in [0.15, 0.2) is 0 Å². The van der Waals surface area contributed by atoms with Gasteiger partial charge in [0.05, 0.1) is 13.2 Å². The Morgan fingerprint density at radius 3 is 1.73 bits per heavy atom. The minimum Gasteiger partial charge on any atom is -0.466 e. The summed E-state index contributed by atoms with van der Waals surface area (Å²) < 4.78 is 10.2. The molecule has 0 unspecified atom stereocenters. The van der Waals surface area contributed by atoms with Crippen LogP contribution in [0, 0.1) is 0 Å². The molecule has 0 aliphatic heterocycles. The zero-order valence-corrected chi connectivity index (χ0v) is 14.0. The summed E-state index contributed by atoms with van der Waals surface area (Å²) in [6.07, 6.45) is 8.90. The zero-order chi connectivity index (χ0) is 16.5. The minimum atomic E-state index is -0.252. The third-order valence-electron chi connectivity index (χ3n) is 3.34. The molecule has 0 fully saturated rings. The van der Waals surface area contributed by atoms with Crippen molar-refractivity contribution in [3.63, 3.8) is 0 Å². The largest absolute Gasteiger partial charge is 0.466 e. The Morgan fingerprint density at radius 1 is 0.727 bits per heavy atom. The van der Waals surface area contributed by atoms with E-state index in [1.54, 1.807) is 0 Å². The van der Waals surface area contributed by atoms with E-state index in [2.05, 4.69) is 6.92 Å². The number of carbonyl (C=O) groups excluding carboxylic acids is 2. The normalized spacial score (nSPS) is 10.5. The van der Waals surface area contributed by atoms with Crippen LogP contribution in [0.5, 0.6) is 0 Å². The molecule has 0 aliphatic carbocycles. The van der Waals surface area contributed by atoms with Gasteiger partial charge in [0.25, 0.3) is 0 Å². The molecule has 0 heterocycles. The van der Waals surface area contributed by atoms with Crippen molar-refractivity contribution in [1.29, 1.82) is 0 Å². The van der Waals surface area contributed by atoms with E-state index in [0.29, 0.717) is 19.6 Å². The molecule has 0 spiro atoms. The lowest BCUT2D eigenvalue weighted by Gasteiger charge is -2.06. The highest BCUT2D eigenvalue weighted by atomic mass is 16.5. The van der Waals surface area contributed by atoms with E-state index in [0.717, 1.165) is 44.9 Å². The van der Waals surface area contributed by atoms with Crippen LogP contribution in [0.2, 0.25) is 0 Å². The van der Waals surface area contributed by atoms with Gasteiger partial charge in [-0.1, -0.05) is 32.6 Å². The fourth-order valence-electron chi connectivity index (χ4n) is 1.99. The van der Waals surface area contributed by atoms with Gasteiger partial charge in [-0.05, 0) is 32.1 Å². The molecule has 0 aromatic heterocycles. The van der Waals surface area contributed by atoms with Crippen LogP contribution in [-0.2, 0) is 19.1 Å². The molecular weight excluding hydrogens is 284 g/mol. The lowest BCUT2D eigenvalue weighted by Crippen LogP contribution is -2.09. The van der Waals surface area contributed by atoms with Crippen LogP contribution in [0.3, 0.4) is 0 Å². The van der Waals surface area contributed by atoms with Crippen LogP contribution < -0.4 is 0 Å². The Bertz CT molecular complexity index is 278. The maximum absolute atomic E-state index is 11.4. The summed E-state index contributed by atoms with van der Waals surface area (Å²) in [5, 5.41) is 8.62. The summed E-state index contributed by atoms with van der Waals surface area (Å²) in [6.45, 7) is 3.26. The Hall–Kier alpha value is -1.10. The molecule has 0 aliphatic rings. The SMILES string of the molecule is CCCCCCOC(=O)CCCC(=O)OCCCCCCO. The molecular formula is C17H32O5. The van der Waals surface area contributed by atoms with E-state index >= 15 is 0 Å². The molecule has 0 saturated heterocycles. The molecule has 0 atom stereocenters. The minimum absolute atomic E-state index is 0.217. The molecule has 130 valence electrons. The van der Waals surface area contributed by atoms with E-state index in [1.165, 1.54) is 6.42 Å². The van der Waals surface area contributed by atoms with E-state index < -0.39 is 0 Å². The van der Waals surface area contributed by atoms with Gasteiger partial charge < -0.3 is 14.6 Å². The van der Waals surface area contributed by atoms with Crippen LogP contribution in [0.15, 0.2) is 0 Å². The first-order chi connectivity index (χ1) is 10.7. The molecule has 5 nitrogen and oxygen atoms in total. The summed E-state index contributed by atoms with van der Waals surface area (Å²) >= 11 is 0. The van der Waals surface area contributed by atoms with Crippen LogP contribution in [0.4, 0.5) is 0 Å². The van der Waals surface area contributed by atoms with Crippen molar-refractivity contribution < 1.29 is 24.2 Å². The highest BCUT2D eigenvalue weighted by Gasteiger charge is 2.07. The molecule has 0 rings (SSSR count). The first-order valence-corrected chi connectivity index (χ1v) is 8.62. The first kappa shape index (κ1) is 20.9. The smallest absolute Gasteiger partial charge is 0.305 e. The summed E-state index contributed by atoms with van der Waals surface area (Å²) in [5.41, 5.74) is 0. The maximum Gasteiger partial charge on any atom is 0.305 e. The Kier molecular flexibility index (Phi) is 15.5. The molecule has 1 N–H and O–H groups in total. The van der Waals surface area contributed by atoms with Gasteiger partial charge in [-0.3, -0.25) is 9.59 Å². The molecule has 0 amide bonds.